The second-order valence-corrected chi connectivity index (χ2v) is 6.25. The summed E-state index contributed by atoms with van der Waals surface area (Å²) in [6.07, 6.45) is 2.53. The summed E-state index contributed by atoms with van der Waals surface area (Å²) in [5.41, 5.74) is 2.99. The van der Waals surface area contributed by atoms with Crippen molar-refractivity contribution in [1.82, 2.24) is 15.3 Å². The summed E-state index contributed by atoms with van der Waals surface area (Å²) < 4.78 is 5.02. The third kappa shape index (κ3) is 4.50. The third-order valence-electron chi connectivity index (χ3n) is 3.86. The molecule has 3 rings (SSSR count). The summed E-state index contributed by atoms with van der Waals surface area (Å²) in [5.74, 6) is 0.329. The number of para-hydroxylation sites is 2. The van der Waals surface area contributed by atoms with Crippen LogP contribution in [0.3, 0.4) is 0 Å². The van der Waals surface area contributed by atoms with Crippen LogP contribution in [0.1, 0.15) is 17.8 Å². The number of amides is 1. The Labute approximate surface area is 157 Å². The molecule has 0 aliphatic rings. The van der Waals surface area contributed by atoms with Gasteiger partial charge in [-0.05, 0) is 42.3 Å². The number of carbonyl (C=O) groups excluding carboxylic acids is 1. The minimum absolute atomic E-state index is 0.194. The zero-order valence-electron chi connectivity index (χ0n) is 14.5. The minimum Gasteiger partial charge on any atom is -0.385 e. The molecule has 0 unspecified atom stereocenters. The van der Waals surface area contributed by atoms with Crippen LogP contribution in [0.2, 0.25) is 5.02 Å². The molecule has 0 spiro atoms. The summed E-state index contributed by atoms with van der Waals surface area (Å²) in [6.45, 7) is 1.12. The lowest BCUT2D eigenvalue weighted by Gasteiger charge is -2.07. The van der Waals surface area contributed by atoms with Crippen LogP contribution in [-0.2, 0) is 9.53 Å². The predicted octanol–water partition coefficient (Wildman–Crippen LogP) is 3.91. The van der Waals surface area contributed by atoms with E-state index >= 15 is 0 Å². The van der Waals surface area contributed by atoms with Crippen molar-refractivity contribution in [3.05, 3.63) is 64.9 Å². The van der Waals surface area contributed by atoms with Crippen molar-refractivity contribution < 1.29 is 9.53 Å². The maximum absolute atomic E-state index is 12.8. The van der Waals surface area contributed by atoms with Crippen molar-refractivity contribution >= 4 is 40.2 Å². The second kappa shape index (κ2) is 8.65. The van der Waals surface area contributed by atoms with E-state index in [1.54, 1.807) is 19.3 Å². The molecule has 26 heavy (non-hydrogen) atoms. The molecular formula is C20H20ClN3O2. The second-order valence-electron chi connectivity index (χ2n) is 5.82. The summed E-state index contributed by atoms with van der Waals surface area (Å²) in [4.78, 5) is 20.5. The molecule has 0 saturated carbocycles. The Bertz CT molecular complexity index is 900. The van der Waals surface area contributed by atoms with Crippen LogP contribution in [-0.4, -0.2) is 36.1 Å². The number of benzene rings is 2. The van der Waals surface area contributed by atoms with Crippen molar-refractivity contribution in [2.45, 2.75) is 6.42 Å². The molecule has 3 aromatic rings. The Morgan fingerprint density at radius 3 is 2.88 bits per heavy atom. The highest BCUT2D eigenvalue weighted by Gasteiger charge is 2.16. The fourth-order valence-electron chi connectivity index (χ4n) is 2.60. The molecule has 0 aliphatic heterocycles. The van der Waals surface area contributed by atoms with Crippen molar-refractivity contribution in [3.8, 4) is 0 Å². The van der Waals surface area contributed by atoms with Gasteiger partial charge in [-0.25, -0.2) is 4.98 Å². The van der Waals surface area contributed by atoms with E-state index in [0.29, 0.717) is 29.6 Å². The minimum atomic E-state index is -0.194. The fraction of sp³-hybridized carbons (Fsp3) is 0.200. The molecule has 0 atom stereocenters. The van der Waals surface area contributed by atoms with E-state index in [-0.39, 0.29) is 5.91 Å². The first-order chi connectivity index (χ1) is 12.7. The first-order valence-electron chi connectivity index (χ1n) is 8.37. The largest absolute Gasteiger partial charge is 0.385 e. The highest BCUT2D eigenvalue weighted by Crippen LogP contribution is 2.21. The topological polar surface area (TPSA) is 67.0 Å². The molecule has 1 aromatic heterocycles. The Kier molecular flexibility index (Phi) is 6.04. The third-order valence-corrected chi connectivity index (χ3v) is 4.09. The monoisotopic (exact) mass is 369 g/mol. The van der Waals surface area contributed by atoms with E-state index in [0.717, 1.165) is 23.0 Å². The average Bonchev–Trinajstić information content (AvgIpc) is 3.07. The Hall–Kier alpha value is -2.63. The number of ether oxygens (including phenoxy) is 1. The van der Waals surface area contributed by atoms with Gasteiger partial charge in [0.05, 0.1) is 16.6 Å². The molecule has 5 nitrogen and oxygen atoms in total. The lowest BCUT2D eigenvalue weighted by atomic mass is 10.1. The average molecular weight is 370 g/mol. The summed E-state index contributed by atoms with van der Waals surface area (Å²) in [7, 11) is 1.64. The summed E-state index contributed by atoms with van der Waals surface area (Å²) in [5, 5.41) is 3.53. The van der Waals surface area contributed by atoms with Crippen LogP contribution >= 0.6 is 11.6 Å². The van der Waals surface area contributed by atoms with E-state index in [4.69, 9.17) is 16.3 Å². The molecule has 2 aromatic carbocycles. The van der Waals surface area contributed by atoms with Gasteiger partial charge in [-0.15, -0.1) is 0 Å². The van der Waals surface area contributed by atoms with Gasteiger partial charge in [-0.1, -0.05) is 35.9 Å². The highest BCUT2D eigenvalue weighted by atomic mass is 35.5. The molecule has 0 aliphatic carbocycles. The van der Waals surface area contributed by atoms with Crippen molar-refractivity contribution in [3.63, 3.8) is 0 Å². The van der Waals surface area contributed by atoms with Gasteiger partial charge >= 0.3 is 0 Å². The standard InChI is InChI=1S/C20H20ClN3O2/c1-26-11-5-10-22-20(25)16(13-14-6-4-7-15(21)12-14)19-23-17-8-2-3-9-18(17)24-19/h2-4,6-9,12-13H,5,10-11H2,1H3,(H,22,25)(H,23,24). The van der Waals surface area contributed by atoms with Crippen LogP contribution in [0, 0.1) is 0 Å². The smallest absolute Gasteiger partial charge is 0.255 e. The Morgan fingerprint density at radius 1 is 1.27 bits per heavy atom. The highest BCUT2D eigenvalue weighted by molar-refractivity contribution is 6.31. The lowest BCUT2D eigenvalue weighted by molar-refractivity contribution is -0.115. The first-order valence-corrected chi connectivity index (χ1v) is 8.74. The molecule has 6 heteroatoms. The number of carbonyl (C=O) groups is 1. The van der Waals surface area contributed by atoms with Crippen LogP contribution in [0.25, 0.3) is 22.7 Å². The van der Waals surface area contributed by atoms with Gasteiger partial charge in [-0.3, -0.25) is 4.79 Å². The Balaban J connectivity index is 1.94. The van der Waals surface area contributed by atoms with E-state index < -0.39 is 0 Å². The number of fused-ring (bicyclic) bond motifs is 1. The molecule has 134 valence electrons. The molecule has 0 bridgehead atoms. The lowest BCUT2D eigenvalue weighted by Crippen LogP contribution is -2.26. The fourth-order valence-corrected chi connectivity index (χ4v) is 2.80. The van der Waals surface area contributed by atoms with Gasteiger partial charge < -0.3 is 15.0 Å². The van der Waals surface area contributed by atoms with Gasteiger partial charge in [0, 0.05) is 25.3 Å². The molecular weight excluding hydrogens is 350 g/mol. The SMILES string of the molecule is COCCCNC(=O)C(=Cc1cccc(Cl)c1)c1nc2ccccc2[nH]1. The number of hydrogen-bond donors (Lipinski definition) is 2. The number of hydrogen-bond acceptors (Lipinski definition) is 3. The predicted molar refractivity (Wildman–Crippen MR) is 105 cm³/mol. The zero-order chi connectivity index (χ0) is 18.4. The zero-order valence-corrected chi connectivity index (χ0v) is 15.2. The number of halogens is 1. The van der Waals surface area contributed by atoms with Crippen molar-refractivity contribution in [2.75, 3.05) is 20.3 Å². The van der Waals surface area contributed by atoms with Crippen LogP contribution < -0.4 is 5.32 Å². The summed E-state index contributed by atoms with van der Waals surface area (Å²) >= 11 is 6.07. The van der Waals surface area contributed by atoms with E-state index in [1.807, 2.05) is 42.5 Å². The quantitative estimate of drug-likeness (QED) is 0.490. The van der Waals surface area contributed by atoms with Crippen molar-refractivity contribution in [1.29, 1.82) is 0 Å². The molecule has 0 saturated heterocycles. The molecule has 2 N–H and O–H groups in total. The maximum atomic E-state index is 12.8. The van der Waals surface area contributed by atoms with Gasteiger partial charge in [0.25, 0.3) is 5.91 Å². The first kappa shape index (κ1) is 18.2. The number of methoxy groups -OCH3 is 1. The van der Waals surface area contributed by atoms with E-state index in [2.05, 4.69) is 15.3 Å². The molecule has 1 amide bonds. The molecule has 0 fully saturated rings. The van der Waals surface area contributed by atoms with Crippen LogP contribution in [0.15, 0.2) is 48.5 Å². The number of nitrogens with zero attached hydrogens (tertiary/aromatic N) is 1. The Morgan fingerprint density at radius 2 is 2.12 bits per heavy atom. The maximum Gasteiger partial charge on any atom is 0.255 e. The molecule has 0 radical (unpaired) electrons. The normalized spacial score (nSPS) is 11.7. The van der Waals surface area contributed by atoms with Crippen LogP contribution in [0.4, 0.5) is 0 Å². The number of H-pyrrole nitrogens is 1. The number of rotatable bonds is 7. The number of aromatic nitrogens is 2. The van der Waals surface area contributed by atoms with Crippen LogP contribution in [0.5, 0.6) is 0 Å². The van der Waals surface area contributed by atoms with Crippen molar-refractivity contribution in [2.24, 2.45) is 0 Å². The van der Waals surface area contributed by atoms with Gasteiger partial charge in [0.15, 0.2) is 0 Å². The van der Waals surface area contributed by atoms with E-state index in [9.17, 15) is 4.79 Å². The molecule has 1 heterocycles. The van der Waals surface area contributed by atoms with Gasteiger partial charge in [0.1, 0.15) is 5.82 Å². The van der Waals surface area contributed by atoms with E-state index in [1.165, 1.54) is 0 Å². The summed E-state index contributed by atoms with van der Waals surface area (Å²) in [6, 6.07) is 15.0. The number of aromatic amines is 1. The van der Waals surface area contributed by atoms with Gasteiger partial charge in [0.2, 0.25) is 0 Å². The van der Waals surface area contributed by atoms with Gasteiger partial charge in [-0.2, -0.15) is 0 Å². The number of nitrogens with one attached hydrogen (secondary N) is 2. The number of imidazole rings is 1.